The summed E-state index contributed by atoms with van der Waals surface area (Å²) in [5.41, 5.74) is -0.777. The third kappa shape index (κ3) is 15.6. The van der Waals surface area contributed by atoms with Crippen molar-refractivity contribution in [3.05, 3.63) is 0 Å². The van der Waals surface area contributed by atoms with E-state index in [-0.39, 0.29) is 25.4 Å². The maximum atomic E-state index is 12.9. The highest BCUT2D eigenvalue weighted by Gasteiger charge is 2.43. The molecule has 0 bridgehead atoms. The molecule has 3 amide bonds. The first-order chi connectivity index (χ1) is 23.5. The molecule has 2 heterocycles. The summed E-state index contributed by atoms with van der Waals surface area (Å²) in [7, 11) is 0. The van der Waals surface area contributed by atoms with E-state index in [0.29, 0.717) is 51.8 Å². The zero-order valence-corrected chi connectivity index (χ0v) is 30.0. The van der Waals surface area contributed by atoms with Crippen LogP contribution in [0.4, 0.5) is 4.79 Å². The first-order valence-corrected chi connectivity index (χ1v) is 17.7. The summed E-state index contributed by atoms with van der Waals surface area (Å²) in [6, 6.07) is -0.994. The molecule has 50 heavy (non-hydrogen) atoms. The summed E-state index contributed by atoms with van der Waals surface area (Å²) in [5.74, 6) is -0.715. The van der Waals surface area contributed by atoms with Gasteiger partial charge in [0.1, 0.15) is 48.3 Å². The zero-order chi connectivity index (χ0) is 37.4. The number of hydrogen-bond acceptors (Lipinski definition) is 14. The average Bonchev–Trinajstić information content (AvgIpc) is 3.05. The number of nitrogens with one attached hydrogen (secondary N) is 3. The van der Waals surface area contributed by atoms with Crippen LogP contribution in [0.1, 0.15) is 92.4 Å². The number of alkyl carbamates (subject to hydrolysis) is 1. The number of amides is 3. The number of aliphatic hydroxyl groups excluding tert-OH is 6. The monoisotopic (exact) mass is 723 g/mol. The number of carbonyl (C=O) groups is 3. The summed E-state index contributed by atoms with van der Waals surface area (Å²) in [6.45, 7) is 9.53. The molecule has 292 valence electrons. The minimum atomic E-state index is -1.37. The Labute approximate surface area is 294 Å². The van der Waals surface area contributed by atoms with Crippen molar-refractivity contribution in [1.82, 2.24) is 16.0 Å². The Morgan fingerprint density at radius 2 is 1.12 bits per heavy atom. The Hall–Kier alpha value is -2.19. The molecule has 2 rings (SSSR count). The summed E-state index contributed by atoms with van der Waals surface area (Å²) in [4.78, 5) is 37.9. The fourth-order valence-electron chi connectivity index (χ4n) is 5.33. The highest BCUT2D eigenvalue weighted by atomic mass is 16.7. The summed E-state index contributed by atoms with van der Waals surface area (Å²) in [6.07, 6.45) is -7.12. The molecule has 1 unspecified atom stereocenters. The molecule has 17 heteroatoms. The van der Waals surface area contributed by atoms with Crippen molar-refractivity contribution in [2.24, 2.45) is 0 Å². The second kappa shape index (κ2) is 22.0. The van der Waals surface area contributed by atoms with E-state index >= 15 is 0 Å². The molecule has 0 saturated carbocycles. The van der Waals surface area contributed by atoms with Gasteiger partial charge in [0, 0.05) is 32.7 Å². The van der Waals surface area contributed by atoms with Crippen LogP contribution in [0.5, 0.6) is 0 Å². The molecular weight excluding hydrogens is 662 g/mol. The van der Waals surface area contributed by atoms with Crippen molar-refractivity contribution in [2.45, 2.75) is 165 Å². The van der Waals surface area contributed by atoms with Gasteiger partial charge < -0.3 is 70.3 Å². The molecule has 2 saturated heterocycles. The smallest absolute Gasteiger partial charge is 0.408 e. The molecule has 0 aromatic rings. The first-order valence-electron chi connectivity index (χ1n) is 17.7. The maximum absolute atomic E-state index is 12.9. The predicted molar refractivity (Wildman–Crippen MR) is 177 cm³/mol. The van der Waals surface area contributed by atoms with Crippen LogP contribution < -0.4 is 16.0 Å². The number of hydrogen-bond donors (Lipinski definition) is 9. The predicted octanol–water partition coefficient (Wildman–Crippen LogP) is -0.689. The van der Waals surface area contributed by atoms with E-state index in [2.05, 4.69) is 16.0 Å². The molecule has 0 aliphatic carbocycles. The Kier molecular flexibility index (Phi) is 19.4. The van der Waals surface area contributed by atoms with Crippen molar-refractivity contribution in [3.63, 3.8) is 0 Å². The van der Waals surface area contributed by atoms with Crippen LogP contribution in [0.25, 0.3) is 0 Å². The molecule has 2 aliphatic rings. The van der Waals surface area contributed by atoms with Gasteiger partial charge in [-0.25, -0.2) is 4.79 Å². The Bertz CT molecular complexity index is 1020. The van der Waals surface area contributed by atoms with Gasteiger partial charge in [0.25, 0.3) is 0 Å². The van der Waals surface area contributed by atoms with E-state index < -0.39 is 85.1 Å². The van der Waals surface area contributed by atoms with Gasteiger partial charge in [0.15, 0.2) is 12.6 Å². The second-order valence-corrected chi connectivity index (χ2v) is 14.0. The van der Waals surface area contributed by atoms with Gasteiger partial charge in [-0.3, -0.25) is 9.59 Å². The average molecular weight is 724 g/mol. The molecule has 0 aromatic heterocycles. The van der Waals surface area contributed by atoms with Crippen molar-refractivity contribution in [3.8, 4) is 0 Å². The van der Waals surface area contributed by atoms with Gasteiger partial charge in [-0.05, 0) is 73.1 Å². The van der Waals surface area contributed by atoms with Crippen LogP contribution in [-0.2, 0) is 33.3 Å². The lowest BCUT2D eigenvalue weighted by atomic mass is 10.0. The van der Waals surface area contributed by atoms with Crippen LogP contribution in [0.2, 0.25) is 0 Å². The van der Waals surface area contributed by atoms with E-state index in [9.17, 15) is 45.0 Å². The van der Waals surface area contributed by atoms with Crippen molar-refractivity contribution in [2.75, 3.05) is 26.3 Å². The second-order valence-electron chi connectivity index (χ2n) is 14.0. The van der Waals surface area contributed by atoms with Gasteiger partial charge in [-0.1, -0.05) is 12.8 Å². The zero-order valence-electron chi connectivity index (χ0n) is 30.0. The van der Waals surface area contributed by atoms with E-state index in [4.69, 9.17) is 23.7 Å². The maximum Gasteiger partial charge on any atom is 0.408 e. The van der Waals surface area contributed by atoms with Crippen LogP contribution >= 0.6 is 0 Å². The third-order valence-corrected chi connectivity index (χ3v) is 8.36. The minimum absolute atomic E-state index is 0.00117. The van der Waals surface area contributed by atoms with E-state index in [1.807, 2.05) is 0 Å². The number of carbonyl (C=O) groups excluding carboxylic acids is 3. The highest BCUT2D eigenvalue weighted by Crippen LogP contribution is 2.23. The number of ether oxygens (including phenoxy) is 5. The van der Waals surface area contributed by atoms with Crippen molar-refractivity contribution < 1.29 is 68.7 Å². The van der Waals surface area contributed by atoms with E-state index in [1.165, 1.54) is 0 Å². The fraction of sp³-hybridized carbons (Fsp3) is 0.909. The molecule has 0 aromatic carbocycles. The fourth-order valence-corrected chi connectivity index (χ4v) is 5.33. The van der Waals surface area contributed by atoms with Crippen LogP contribution in [0, 0.1) is 0 Å². The minimum Gasteiger partial charge on any atom is -0.444 e. The molecule has 2 fully saturated rings. The number of rotatable bonds is 20. The Morgan fingerprint density at radius 3 is 1.62 bits per heavy atom. The molecule has 11 atom stereocenters. The number of aliphatic hydroxyl groups is 6. The largest absolute Gasteiger partial charge is 0.444 e. The van der Waals surface area contributed by atoms with Crippen molar-refractivity contribution in [1.29, 1.82) is 0 Å². The number of unbranched alkanes of at least 4 members (excludes halogenated alkanes) is 5. The van der Waals surface area contributed by atoms with E-state index in [0.717, 1.165) is 12.8 Å². The summed E-state index contributed by atoms with van der Waals surface area (Å²) < 4.78 is 27.1. The topological polar surface area (TPSA) is 255 Å². The van der Waals surface area contributed by atoms with Crippen LogP contribution in [0.3, 0.4) is 0 Å². The van der Waals surface area contributed by atoms with Gasteiger partial charge >= 0.3 is 6.09 Å². The third-order valence-electron chi connectivity index (χ3n) is 8.36. The van der Waals surface area contributed by atoms with Gasteiger partial charge in [0.05, 0.1) is 12.2 Å². The normalized spacial score (nSPS) is 30.7. The summed E-state index contributed by atoms with van der Waals surface area (Å²) in [5, 5.41) is 67.5. The molecular formula is C33H61N3O14. The molecule has 9 N–H and O–H groups in total. The standard InChI is InChI=1S/C33H61N3O14/c1-19-23(38)25(40)27(42)30(48-19)46-17-11-7-6-9-15-34-22(37)14-13-21(36-32(45)50-33(3,4)5)29(44)35-16-10-8-12-18-47-31-28(43)26(41)24(39)20(2)49-31/h19-21,23-28,30-31,38-43H,6-18H2,1-5H3,(H,34,37)(H,35,44)(H,36,45)/t19-,20-,21?,23+,24+,25+,26+,27-,28-,30+,31+/m0/s1. The Balaban J connectivity index is 1.64. The lowest BCUT2D eigenvalue weighted by Crippen LogP contribution is -2.57. The van der Waals surface area contributed by atoms with Gasteiger partial charge in [0.2, 0.25) is 11.8 Å². The molecule has 2 aliphatic heterocycles. The first kappa shape index (κ1) is 44.0. The SMILES string of the molecule is C[C@@H]1O[C@@H](OCCCCCCNC(=O)CCC(NC(=O)OC(C)(C)C)C(=O)NCCCCCO[C@@H]2O[C@@H](C)[C@@H](O)[C@@H](O)[C@@H]2O)[C@@H](O)[C@H](O)[C@@H]1O. The summed E-state index contributed by atoms with van der Waals surface area (Å²) >= 11 is 0. The Morgan fingerprint density at radius 1 is 0.660 bits per heavy atom. The molecule has 0 radical (unpaired) electrons. The highest BCUT2D eigenvalue weighted by molar-refractivity contribution is 5.86. The molecule has 17 nitrogen and oxygen atoms in total. The lowest BCUT2D eigenvalue weighted by molar-refractivity contribution is -0.293. The van der Waals surface area contributed by atoms with Crippen LogP contribution in [-0.4, -0.2) is 148 Å². The lowest BCUT2D eigenvalue weighted by Gasteiger charge is -2.38. The van der Waals surface area contributed by atoms with Gasteiger partial charge in [-0.15, -0.1) is 0 Å². The van der Waals surface area contributed by atoms with Crippen molar-refractivity contribution >= 4 is 17.9 Å². The quantitative estimate of drug-likeness (QED) is 0.0706. The van der Waals surface area contributed by atoms with Crippen LogP contribution in [0.15, 0.2) is 0 Å². The molecule has 0 spiro atoms. The van der Waals surface area contributed by atoms with Gasteiger partial charge in [-0.2, -0.15) is 0 Å². The van der Waals surface area contributed by atoms with E-state index in [1.54, 1.807) is 34.6 Å².